The highest BCUT2D eigenvalue weighted by atomic mass is 35.5. The third-order valence-electron chi connectivity index (χ3n) is 2.65. The number of carbonyl (C=O) groups is 2. The fourth-order valence-electron chi connectivity index (χ4n) is 1.38. The van der Waals surface area contributed by atoms with Gasteiger partial charge in [-0.05, 0) is 12.1 Å². The van der Waals surface area contributed by atoms with E-state index in [9.17, 15) is 22.4 Å². The highest BCUT2D eigenvalue weighted by Gasteiger charge is 2.38. The number of hydrogen-bond acceptors (Lipinski definition) is 4. The van der Waals surface area contributed by atoms with E-state index in [4.69, 9.17) is 26.2 Å². The zero-order chi connectivity index (χ0) is 18.3. The molecule has 1 amide bonds. The second kappa shape index (κ2) is 8.69. The van der Waals surface area contributed by atoms with Crippen LogP contribution in [0.3, 0.4) is 0 Å². The van der Waals surface area contributed by atoms with E-state index in [0.717, 1.165) is 19.2 Å². The van der Waals surface area contributed by atoms with Gasteiger partial charge in [0.2, 0.25) is 0 Å². The summed E-state index contributed by atoms with van der Waals surface area (Å²) in [6.07, 6.45) is -5.08. The minimum atomic E-state index is -5.08. The first kappa shape index (κ1) is 20.0. The molecule has 1 aliphatic rings. The number of hydrogen-bond donors (Lipinski definition) is 3. The van der Waals surface area contributed by atoms with Crippen LogP contribution < -0.4 is 15.4 Å². The number of halogens is 5. The molecule has 24 heavy (non-hydrogen) atoms. The molecule has 0 spiro atoms. The predicted molar refractivity (Wildman–Crippen MR) is 75.4 cm³/mol. The first-order valence-electron chi connectivity index (χ1n) is 6.47. The number of amides is 1. The van der Waals surface area contributed by atoms with Crippen LogP contribution in [0.1, 0.15) is 0 Å². The highest BCUT2D eigenvalue weighted by Crippen LogP contribution is 2.20. The molecule has 0 aromatic heterocycles. The monoisotopic (exact) mass is 372 g/mol. The van der Waals surface area contributed by atoms with Gasteiger partial charge >= 0.3 is 12.1 Å². The zero-order valence-electron chi connectivity index (χ0n) is 12.0. The molecule has 11 heteroatoms. The standard InChI is InChI=1S/C11H12ClFN2O2.C2HF3O2/c12-9-2-1-8(3-10(9)13)17-6-11(16)15-7-4-14-5-7;3-2(4,5)1(6)7/h1-3,7,14H,4-6H2,(H,15,16);(H,6,7). The van der Waals surface area contributed by atoms with Crippen molar-refractivity contribution in [1.82, 2.24) is 10.6 Å². The smallest absolute Gasteiger partial charge is 0.484 e. The number of alkyl halides is 3. The van der Waals surface area contributed by atoms with Crippen LogP contribution in [0.4, 0.5) is 17.6 Å². The second-order valence-corrected chi connectivity index (χ2v) is 5.00. The maximum Gasteiger partial charge on any atom is 0.490 e. The molecule has 134 valence electrons. The number of rotatable bonds is 4. The third kappa shape index (κ3) is 7.01. The number of benzene rings is 1. The van der Waals surface area contributed by atoms with Gasteiger partial charge in [0, 0.05) is 19.2 Å². The van der Waals surface area contributed by atoms with Crippen molar-refractivity contribution in [3.05, 3.63) is 29.0 Å². The van der Waals surface area contributed by atoms with Gasteiger partial charge in [0.1, 0.15) is 11.6 Å². The van der Waals surface area contributed by atoms with Gasteiger partial charge < -0.3 is 20.5 Å². The summed E-state index contributed by atoms with van der Waals surface area (Å²) < 4.78 is 49.9. The van der Waals surface area contributed by atoms with E-state index in [1.165, 1.54) is 12.1 Å². The van der Waals surface area contributed by atoms with E-state index in [1.54, 1.807) is 0 Å². The van der Waals surface area contributed by atoms with Crippen molar-refractivity contribution in [3.8, 4) is 5.75 Å². The maximum absolute atomic E-state index is 13.1. The molecule has 1 saturated heterocycles. The topological polar surface area (TPSA) is 87.7 Å². The molecule has 6 nitrogen and oxygen atoms in total. The van der Waals surface area contributed by atoms with Crippen molar-refractivity contribution in [1.29, 1.82) is 0 Å². The molecular formula is C13H13ClF4N2O4. The Hall–Kier alpha value is -2.07. The first-order chi connectivity index (χ1) is 11.1. The fraction of sp³-hybridized carbons (Fsp3) is 0.385. The number of carboxylic acids is 1. The van der Waals surface area contributed by atoms with Crippen molar-refractivity contribution >= 4 is 23.5 Å². The average molecular weight is 373 g/mol. The molecule has 0 unspecified atom stereocenters. The normalized spacial score (nSPS) is 14.0. The van der Waals surface area contributed by atoms with Crippen molar-refractivity contribution in [2.45, 2.75) is 12.2 Å². The third-order valence-corrected chi connectivity index (χ3v) is 2.96. The Morgan fingerprint density at radius 2 is 1.96 bits per heavy atom. The Morgan fingerprint density at radius 1 is 1.38 bits per heavy atom. The molecule has 3 N–H and O–H groups in total. The lowest BCUT2D eigenvalue weighted by Crippen LogP contribution is -2.57. The molecule has 1 aromatic carbocycles. The molecule has 0 aliphatic carbocycles. The van der Waals surface area contributed by atoms with Crippen LogP contribution in [0.2, 0.25) is 5.02 Å². The largest absolute Gasteiger partial charge is 0.490 e. The van der Waals surface area contributed by atoms with Gasteiger partial charge in [-0.3, -0.25) is 4.79 Å². The van der Waals surface area contributed by atoms with Crippen molar-refractivity contribution in [2.24, 2.45) is 0 Å². The Bertz CT molecular complexity index is 594. The van der Waals surface area contributed by atoms with Gasteiger partial charge in [-0.15, -0.1) is 0 Å². The second-order valence-electron chi connectivity index (χ2n) is 4.59. The molecule has 0 atom stereocenters. The van der Waals surface area contributed by atoms with E-state index in [-0.39, 0.29) is 29.3 Å². The molecule has 1 aromatic rings. The molecule has 1 heterocycles. The minimum absolute atomic E-state index is 0.0299. The molecule has 1 aliphatic heterocycles. The van der Waals surface area contributed by atoms with E-state index < -0.39 is 18.0 Å². The van der Waals surface area contributed by atoms with Gasteiger partial charge in [-0.1, -0.05) is 11.6 Å². The van der Waals surface area contributed by atoms with Crippen LogP contribution in [0.15, 0.2) is 18.2 Å². The summed E-state index contributed by atoms with van der Waals surface area (Å²) in [5.74, 6) is -3.25. The predicted octanol–water partition coefficient (Wildman–Crippen LogP) is 1.58. The molecular weight excluding hydrogens is 360 g/mol. The average Bonchev–Trinajstić information content (AvgIpc) is 2.44. The molecule has 0 saturated carbocycles. The van der Waals surface area contributed by atoms with Crippen LogP contribution in [0.5, 0.6) is 5.75 Å². The van der Waals surface area contributed by atoms with Crippen LogP contribution in [0, 0.1) is 5.82 Å². The Morgan fingerprint density at radius 3 is 2.38 bits per heavy atom. The molecule has 0 radical (unpaired) electrons. The summed E-state index contributed by atoms with van der Waals surface area (Å²) in [4.78, 5) is 20.3. The van der Waals surface area contributed by atoms with Crippen molar-refractivity contribution in [3.63, 3.8) is 0 Å². The quantitative estimate of drug-likeness (QED) is 0.698. The Labute approximate surface area is 138 Å². The van der Waals surface area contributed by atoms with E-state index in [1.807, 2.05) is 0 Å². The number of nitrogens with one attached hydrogen (secondary N) is 2. The highest BCUT2D eigenvalue weighted by molar-refractivity contribution is 6.30. The molecule has 2 rings (SSSR count). The fourth-order valence-corrected chi connectivity index (χ4v) is 1.49. The minimum Gasteiger partial charge on any atom is -0.484 e. The number of carbonyl (C=O) groups excluding carboxylic acids is 1. The van der Waals surface area contributed by atoms with Crippen LogP contribution in [0.25, 0.3) is 0 Å². The summed E-state index contributed by atoms with van der Waals surface area (Å²) in [6.45, 7) is 1.43. The lowest BCUT2D eigenvalue weighted by atomic mass is 10.2. The summed E-state index contributed by atoms with van der Waals surface area (Å²) in [7, 11) is 0. The number of carboxylic acid groups (broad SMARTS) is 1. The van der Waals surface area contributed by atoms with E-state index >= 15 is 0 Å². The van der Waals surface area contributed by atoms with Crippen molar-refractivity contribution < 1.29 is 37.0 Å². The summed E-state index contributed by atoms with van der Waals surface area (Å²) in [5.41, 5.74) is 0. The number of aliphatic carboxylic acids is 1. The molecule has 1 fully saturated rings. The van der Waals surface area contributed by atoms with Crippen molar-refractivity contribution in [2.75, 3.05) is 19.7 Å². The van der Waals surface area contributed by atoms with Gasteiger partial charge in [-0.25, -0.2) is 9.18 Å². The SMILES string of the molecule is O=C(COc1ccc(Cl)c(F)c1)NC1CNC1.O=C(O)C(F)(F)F. The first-order valence-corrected chi connectivity index (χ1v) is 6.85. The molecule has 0 bridgehead atoms. The van der Waals surface area contributed by atoms with Gasteiger partial charge in [0.05, 0.1) is 11.1 Å². The number of ether oxygens (including phenoxy) is 1. The van der Waals surface area contributed by atoms with Crippen LogP contribution >= 0.6 is 11.6 Å². The lowest BCUT2D eigenvalue weighted by Gasteiger charge is -2.27. The van der Waals surface area contributed by atoms with Gasteiger partial charge in [0.25, 0.3) is 5.91 Å². The van der Waals surface area contributed by atoms with Crippen LogP contribution in [-0.4, -0.2) is 48.9 Å². The summed E-state index contributed by atoms with van der Waals surface area (Å²) >= 11 is 5.52. The van der Waals surface area contributed by atoms with E-state index in [2.05, 4.69) is 10.6 Å². The maximum atomic E-state index is 13.1. The van der Waals surface area contributed by atoms with Gasteiger partial charge in [0.15, 0.2) is 6.61 Å². The zero-order valence-corrected chi connectivity index (χ0v) is 12.7. The Kier molecular flexibility index (Phi) is 7.23. The summed E-state index contributed by atoms with van der Waals surface area (Å²) in [5, 5.41) is 13.0. The van der Waals surface area contributed by atoms with E-state index in [0.29, 0.717) is 0 Å². The van der Waals surface area contributed by atoms with Gasteiger partial charge in [-0.2, -0.15) is 13.2 Å². The lowest BCUT2D eigenvalue weighted by molar-refractivity contribution is -0.192. The summed E-state index contributed by atoms with van der Waals surface area (Å²) in [6, 6.07) is 4.23. The Balaban J connectivity index is 0.000000351. The van der Waals surface area contributed by atoms with Crippen LogP contribution in [-0.2, 0) is 9.59 Å².